The number of nitrogens with zero attached hydrogens (tertiary/aromatic N) is 4. The van der Waals surface area contributed by atoms with Gasteiger partial charge in [0.25, 0.3) is 0 Å². The molecule has 2 unspecified atom stereocenters. The Kier molecular flexibility index (Phi) is 27.0. The van der Waals surface area contributed by atoms with Crippen LogP contribution in [-0.2, 0) is 9.47 Å². The third kappa shape index (κ3) is 25.9. The largest absolute Gasteiger partial charge is 0.378 e. The summed E-state index contributed by atoms with van der Waals surface area (Å²) in [4.78, 5) is 9.23. The molecule has 244 valence electrons. The van der Waals surface area contributed by atoms with E-state index >= 15 is 0 Å². The maximum Gasteiger partial charge on any atom is 0.0784 e. The summed E-state index contributed by atoms with van der Waals surface area (Å²) >= 11 is 0. The zero-order valence-electron chi connectivity index (χ0n) is 29.1. The fourth-order valence-electron chi connectivity index (χ4n) is 4.26. The van der Waals surface area contributed by atoms with Gasteiger partial charge < -0.3 is 24.2 Å². The van der Waals surface area contributed by atoms with Crippen LogP contribution in [0.25, 0.3) is 0 Å². The Bertz CT molecular complexity index is 758. The number of hydrogen-bond acceptors (Lipinski definition) is 6. The van der Waals surface area contributed by atoms with E-state index in [1.165, 1.54) is 18.4 Å². The van der Waals surface area contributed by atoms with Crippen molar-refractivity contribution in [1.29, 1.82) is 0 Å². The van der Waals surface area contributed by atoms with Gasteiger partial charge in [0.05, 0.1) is 25.9 Å². The average molecular weight is 589 g/mol. The fraction of sp³-hybridized carbons (Fsp3) is 0.667. The zero-order valence-corrected chi connectivity index (χ0v) is 29.1. The van der Waals surface area contributed by atoms with E-state index in [2.05, 4.69) is 94.2 Å². The monoisotopic (exact) mass is 589 g/mol. The summed E-state index contributed by atoms with van der Waals surface area (Å²) in [7, 11) is 12.6. The van der Waals surface area contributed by atoms with Crippen molar-refractivity contribution in [2.24, 2.45) is 0 Å². The van der Waals surface area contributed by atoms with Crippen molar-refractivity contribution in [2.75, 3.05) is 94.8 Å². The molecule has 0 radical (unpaired) electrons. The molecule has 0 bridgehead atoms. The third-order valence-corrected chi connectivity index (χ3v) is 6.93. The first-order valence-corrected chi connectivity index (χ1v) is 15.5. The maximum absolute atomic E-state index is 5.79. The molecule has 0 aliphatic rings. The van der Waals surface area contributed by atoms with Gasteiger partial charge in [-0.2, -0.15) is 0 Å². The van der Waals surface area contributed by atoms with Crippen molar-refractivity contribution in [3.8, 4) is 0 Å². The molecule has 0 rings (SSSR count). The lowest BCUT2D eigenvalue weighted by atomic mass is 9.99. The van der Waals surface area contributed by atoms with Crippen molar-refractivity contribution in [1.82, 2.24) is 19.6 Å². The molecule has 6 nitrogen and oxygen atoms in total. The first-order chi connectivity index (χ1) is 19.7. The first kappa shape index (κ1) is 42.3. The molecule has 0 aromatic carbocycles. The second-order valence-corrected chi connectivity index (χ2v) is 12.1. The van der Waals surface area contributed by atoms with Crippen molar-refractivity contribution >= 4 is 0 Å². The Morgan fingerprint density at radius 2 is 1.10 bits per heavy atom. The van der Waals surface area contributed by atoms with Gasteiger partial charge in [-0.3, -0.25) is 4.90 Å². The summed E-state index contributed by atoms with van der Waals surface area (Å²) in [6.45, 7) is 35.3. The van der Waals surface area contributed by atoms with E-state index < -0.39 is 0 Å². The molecule has 0 spiro atoms. The van der Waals surface area contributed by atoms with E-state index in [4.69, 9.17) is 9.47 Å². The Balaban J connectivity index is 0. The minimum absolute atomic E-state index is 0.0779. The normalized spacial score (nSPS) is 12.7. The van der Waals surface area contributed by atoms with E-state index in [0.29, 0.717) is 19.3 Å². The number of rotatable bonds is 26. The second kappa shape index (κ2) is 26.8. The van der Waals surface area contributed by atoms with Crippen molar-refractivity contribution < 1.29 is 9.47 Å². The standard InChI is InChI=1S/C20H39N3.C16H29NO2/c1-9-19(4)12-13-20(18(2)3)23(16-10-14-21(5)6)17-11-15-22(7)8;1-7-15(4)8-9-16(14(2)3)19-13-12-18-11-10-17(5)6/h9,20H,1-2,4,10-17H2,3,5-8H3;7,16H,1-2,4,8-13H2,3,5-6H3. The number of allylic oxidation sites excluding steroid dienone is 4. The molecule has 0 N–H and O–H groups in total. The van der Waals surface area contributed by atoms with Crippen LogP contribution in [0.3, 0.4) is 0 Å². The van der Waals surface area contributed by atoms with Crippen LogP contribution in [0, 0.1) is 0 Å². The van der Waals surface area contributed by atoms with E-state index in [9.17, 15) is 0 Å². The summed E-state index contributed by atoms with van der Waals surface area (Å²) in [5, 5.41) is 0. The maximum atomic E-state index is 5.79. The molecule has 6 heteroatoms. The molecular formula is C36H68N4O2. The highest BCUT2D eigenvalue weighted by atomic mass is 16.5. The second-order valence-electron chi connectivity index (χ2n) is 12.1. The molecule has 0 saturated heterocycles. The van der Waals surface area contributed by atoms with Crippen LogP contribution in [0.5, 0.6) is 0 Å². The van der Waals surface area contributed by atoms with Crippen LogP contribution in [0.15, 0.2) is 73.9 Å². The first-order valence-electron chi connectivity index (χ1n) is 15.5. The SMILES string of the molecule is C=CC(=C)CCC(C(=C)C)N(CCCN(C)C)CCCN(C)C.C=CC(=C)CCC(OCCOCCN(C)C)C(=C)C. The predicted molar refractivity (Wildman–Crippen MR) is 188 cm³/mol. The molecule has 0 aliphatic carbocycles. The Morgan fingerprint density at radius 3 is 1.50 bits per heavy atom. The molecule has 0 fully saturated rings. The summed E-state index contributed by atoms with van der Waals surface area (Å²) in [6.07, 6.45) is 10.0. The lowest BCUT2D eigenvalue weighted by Crippen LogP contribution is -2.39. The molecule has 0 aromatic rings. The lowest BCUT2D eigenvalue weighted by molar-refractivity contribution is 0.0137. The van der Waals surface area contributed by atoms with Crippen LogP contribution in [0.1, 0.15) is 52.4 Å². The van der Waals surface area contributed by atoms with Crippen LogP contribution < -0.4 is 0 Å². The molecule has 2 atom stereocenters. The highest BCUT2D eigenvalue weighted by molar-refractivity contribution is 5.13. The van der Waals surface area contributed by atoms with Gasteiger partial charge in [0, 0.05) is 12.6 Å². The van der Waals surface area contributed by atoms with Gasteiger partial charge >= 0.3 is 0 Å². The highest BCUT2D eigenvalue weighted by Crippen LogP contribution is 2.19. The quantitative estimate of drug-likeness (QED) is 0.0635. The molecule has 0 aromatic heterocycles. The molecular weight excluding hydrogens is 520 g/mol. The molecule has 0 aliphatic heterocycles. The van der Waals surface area contributed by atoms with Crippen molar-refractivity contribution in [2.45, 2.75) is 64.5 Å². The van der Waals surface area contributed by atoms with Gasteiger partial charge in [-0.05, 0) is 121 Å². The Morgan fingerprint density at radius 1 is 0.619 bits per heavy atom. The minimum Gasteiger partial charge on any atom is -0.378 e. The topological polar surface area (TPSA) is 31.4 Å². The summed E-state index contributed by atoms with van der Waals surface area (Å²) in [5.41, 5.74) is 4.47. The van der Waals surface area contributed by atoms with Crippen LogP contribution in [0.4, 0.5) is 0 Å². The van der Waals surface area contributed by atoms with Gasteiger partial charge in [0.1, 0.15) is 0 Å². The number of likely N-dealkylation sites (N-methyl/N-ethyl adjacent to an activating group) is 1. The molecule has 42 heavy (non-hydrogen) atoms. The van der Waals surface area contributed by atoms with Crippen LogP contribution in [-0.4, -0.2) is 127 Å². The number of hydrogen-bond donors (Lipinski definition) is 0. The summed E-state index contributed by atoms with van der Waals surface area (Å²) in [5.74, 6) is 0. The zero-order chi connectivity index (χ0) is 32.5. The van der Waals surface area contributed by atoms with Gasteiger partial charge in [0.15, 0.2) is 0 Å². The van der Waals surface area contributed by atoms with Gasteiger partial charge in [-0.15, -0.1) is 0 Å². The van der Waals surface area contributed by atoms with Crippen molar-refractivity contribution in [3.63, 3.8) is 0 Å². The van der Waals surface area contributed by atoms with E-state index in [1.54, 1.807) is 6.08 Å². The van der Waals surface area contributed by atoms with Gasteiger partial charge in [-0.25, -0.2) is 0 Å². The van der Waals surface area contributed by atoms with Crippen molar-refractivity contribution in [3.05, 3.63) is 73.9 Å². The smallest absolute Gasteiger partial charge is 0.0784 e. The van der Waals surface area contributed by atoms with Gasteiger partial charge in [-0.1, -0.05) is 73.9 Å². The number of ether oxygens (including phenoxy) is 2. The molecule has 0 amide bonds. The lowest BCUT2D eigenvalue weighted by Gasteiger charge is -2.33. The molecule has 0 heterocycles. The van der Waals surface area contributed by atoms with E-state index in [-0.39, 0.29) is 6.10 Å². The summed E-state index contributed by atoms with van der Waals surface area (Å²) in [6, 6.07) is 0.441. The Hall–Kier alpha value is -1.80. The highest BCUT2D eigenvalue weighted by Gasteiger charge is 2.19. The van der Waals surface area contributed by atoms with E-state index in [1.807, 2.05) is 27.1 Å². The third-order valence-electron chi connectivity index (χ3n) is 6.93. The fourth-order valence-corrected chi connectivity index (χ4v) is 4.26. The van der Waals surface area contributed by atoms with Gasteiger partial charge in [0.2, 0.25) is 0 Å². The summed E-state index contributed by atoms with van der Waals surface area (Å²) < 4.78 is 11.3. The van der Waals surface area contributed by atoms with Crippen LogP contribution in [0.2, 0.25) is 0 Å². The Labute approximate surface area is 262 Å². The molecule has 0 saturated carbocycles. The van der Waals surface area contributed by atoms with E-state index in [0.717, 1.165) is 81.7 Å². The average Bonchev–Trinajstić information content (AvgIpc) is 2.90. The van der Waals surface area contributed by atoms with Crippen LogP contribution >= 0.6 is 0 Å². The minimum atomic E-state index is 0.0779. The predicted octanol–water partition coefficient (Wildman–Crippen LogP) is 6.71.